The van der Waals surface area contributed by atoms with Crippen molar-refractivity contribution >= 4 is 17.5 Å². The lowest BCUT2D eigenvalue weighted by Gasteiger charge is -2.05. The van der Waals surface area contributed by atoms with Crippen molar-refractivity contribution in [3.8, 4) is 0 Å². The van der Waals surface area contributed by atoms with Crippen LogP contribution in [0.3, 0.4) is 0 Å². The fourth-order valence-electron chi connectivity index (χ4n) is 0.950. The number of hydrogen-bond acceptors (Lipinski definition) is 1. The minimum Gasteiger partial charge on any atom is -0.346 e. The SMILES string of the molecule is C=C(F)C(=O)NCc1cc(F)ccc1Cl. The van der Waals surface area contributed by atoms with E-state index in [0.717, 1.165) is 0 Å². The Morgan fingerprint density at radius 2 is 2.20 bits per heavy atom. The summed E-state index contributed by atoms with van der Waals surface area (Å²) in [6.45, 7) is 2.78. The van der Waals surface area contributed by atoms with Crippen molar-refractivity contribution < 1.29 is 13.6 Å². The summed E-state index contributed by atoms with van der Waals surface area (Å²) in [6.07, 6.45) is 0. The van der Waals surface area contributed by atoms with Crippen LogP contribution in [-0.2, 0) is 11.3 Å². The molecular formula is C10H8ClF2NO. The molecule has 0 aliphatic rings. The highest BCUT2D eigenvalue weighted by atomic mass is 35.5. The van der Waals surface area contributed by atoms with Gasteiger partial charge in [-0.2, -0.15) is 0 Å². The number of rotatable bonds is 3. The van der Waals surface area contributed by atoms with Gasteiger partial charge in [-0.15, -0.1) is 0 Å². The first-order valence-corrected chi connectivity index (χ1v) is 4.45. The zero-order valence-corrected chi connectivity index (χ0v) is 8.44. The highest BCUT2D eigenvalue weighted by Gasteiger charge is 2.07. The van der Waals surface area contributed by atoms with E-state index in [1.54, 1.807) is 0 Å². The van der Waals surface area contributed by atoms with E-state index in [-0.39, 0.29) is 6.54 Å². The van der Waals surface area contributed by atoms with Crippen LogP contribution in [0, 0.1) is 5.82 Å². The first-order valence-electron chi connectivity index (χ1n) is 4.07. The zero-order valence-electron chi connectivity index (χ0n) is 7.69. The molecular weight excluding hydrogens is 224 g/mol. The topological polar surface area (TPSA) is 29.1 Å². The molecule has 0 aliphatic heterocycles. The van der Waals surface area contributed by atoms with Gasteiger partial charge >= 0.3 is 0 Å². The Kier molecular flexibility index (Phi) is 3.80. The predicted molar refractivity (Wildman–Crippen MR) is 53.5 cm³/mol. The third-order valence-corrected chi connectivity index (χ3v) is 2.06. The number of carbonyl (C=O) groups excluding carboxylic acids is 1. The average Bonchev–Trinajstić information content (AvgIpc) is 2.18. The summed E-state index contributed by atoms with van der Waals surface area (Å²) >= 11 is 5.73. The summed E-state index contributed by atoms with van der Waals surface area (Å²) in [5.74, 6) is -2.50. The molecule has 2 nitrogen and oxygen atoms in total. The van der Waals surface area contributed by atoms with Gasteiger partial charge in [0.25, 0.3) is 5.91 Å². The summed E-state index contributed by atoms with van der Waals surface area (Å²) in [5.41, 5.74) is 0.381. The number of carbonyl (C=O) groups is 1. The summed E-state index contributed by atoms with van der Waals surface area (Å²) in [6, 6.07) is 3.73. The van der Waals surface area contributed by atoms with Crippen LogP contribution in [0.25, 0.3) is 0 Å². The number of hydrogen-bond donors (Lipinski definition) is 1. The van der Waals surface area contributed by atoms with E-state index in [4.69, 9.17) is 11.6 Å². The van der Waals surface area contributed by atoms with E-state index in [0.29, 0.717) is 10.6 Å². The maximum Gasteiger partial charge on any atom is 0.279 e. The second-order valence-electron chi connectivity index (χ2n) is 2.82. The first kappa shape index (κ1) is 11.7. The van der Waals surface area contributed by atoms with Crippen LogP contribution in [0.2, 0.25) is 5.02 Å². The third-order valence-electron chi connectivity index (χ3n) is 1.69. The minimum atomic E-state index is -1.09. The Labute approximate surface area is 90.5 Å². The molecule has 0 fully saturated rings. The normalized spacial score (nSPS) is 9.80. The zero-order chi connectivity index (χ0) is 11.4. The van der Waals surface area contributed by atoms with E-state index < -0.39 is 17.6 Å². The van der Waals surface area contributed by atoms with E-state index in [1.807, 2.05) is 0 Å². The number of nitrogens with one attached hydrogen (secondary N) is 1. The van der Waals surface area contributed by atoms with Crippen LogP contribution in [0.1, 0.15) is 5.56 Å². The lowest BCUT2D eigenvalue weighted by atomic mass is 10.2. The van der Waals surface area contributed by atoms with Crippen LogP contribution < -0.4 is 5.32 Å². The number of amides is 1. The second kappa shape index (κ2) is 4.89. The molecule has 0 saturated carbocycles. The van der Waals surface area contributed by atoms with Gasteiger partial charge in [0, 0.05) is 11.6 Å². The smallest absolute Gasteiger partial charge is 0.279 e. The van der Waals surface area contributed by atoms with Crippen molar-refractivity contribution in [1.82, 2.24) is 5.32 Å². The van der Waals surface area contributed by atoms with Gasteiger partial charge in [-0.05, 0) is 23.8 Å². The van der Waals surface area contributed by atoms with Crippen molar-refractivity contribution in [2.24, 2.45) is 0 Å². The molecule has 0 aromatic heterocycles. The van der Waals surface area contributed by atoms with Crippen molar-refractivity contribution in [2.45, 2.75) is 6.54 Å². The van der Waals surface area contributed by atoms with Crippen molar-refractivity contribution in [3.05, 3.63) is 47.0 Å². The Morgan fingerprint density at radius 1 is 1.53 bits per heavy atom. The molecule has 15 heavy (non-hydrogen) atoms. The molecule has 0 spiro atoms. The lowest BCUT2D eigenvalue weighted by Crippen LogP contribution is -2.22. The van der Waals surface area contributed by atoms with Gasteiger partial charge in [0.1, 0.15) is 5.82 Å². The van der Waals surface area contributed by atoms with Gasteiger partial charge in [-0.3, -0.25) is 4.79 Å². The van der Waals surface area contributed by atoms with E-state index in [9.17, 15) is 13.6 Å². The predicted octanol–water partition coefficient (Wildman–Crippen LogP) is 2.58. The Hall–Kier alpha value is -1.42. The molecule has 0 atom stereocenters. The molecule has 0 aliphatic carbocycles. The number of benzene rings is 1. The van der Waals surface area contributed by atoms with Gasteiger partial charge in [0.15, 0.2) is 5.83 Å². The van der Waals surface area contributed by atoms with Crippen LogP contribution >= 0.6 is 11.6 Å². The fourth-order valence-corrected chi connectivity index (χ4v) is 1.13. The Balaban J connectivity index is 2.69. The molecule has 1 rings (SSSR count). The molecule has 0 saturated heterocycles. The summed E-state index contributed by atoms with van der Waals surface area (Å²) < 4.78 is 25.0. The van der Waals surface area contributed by atoms with Crippen LogP contribution in [-0.4, -0.2) is 5.91 Å². The van der Waals surface area contributed by atoms with Crippen molar-refractivity contribution in [1.29, 1.82) is 0 Å². The molecule has 1 aromatic rings. The van der Waals surface area contributed by atoms with Gasteiger partial charge < -0.3 is 5.32 Å². The van der Waals surface area contributed by atoms with Gasteiger partial charge in [-0.25, -0.2) is 8.78 Å². The number of halogens is 3. The molecule has 80 valence electrons. The highest BCUT2D eigenvalue weighted by Crippen LogP contribution is 2.16. The summed E-state index contributed by atoms with van der Waals surface area (Å²) in [7, 11) is 0. The summed E-state index contributed by atoms with van der Waals surface area (Å²) in [4.78, 5) is 10.8. The fraction of sp³-hybridized carbons (Fsp3) is 0.100. The van der Waals surface area contributed by atoms with Crippen molar-refractivity contribution in [2.75, 3.05) is 0 Å². The summed E-state index contributed by atoms with van der Waals surface area (Å²) in [5, 5.41) is 2.51. The van der Waals surface area contributed by atoms with E-state index in [1.165, 1.54) is 18.2 Å². The average molecular weight is 232 g/mol. The van der Waals surface area contributed by atoms with E-state index >= 15 is 0 Å². The highest BCUT2D eigenvalue weighted by molar-refractivity contribution is 6.31. The molecule has 0 heterocycles. The molecule has 5 heteroatoms. The molecule has 1 amide bonds. The van der Waals surface area contributed by atoms with Gasteiger partial charge in [-0.1, -0.05) is 18.2 Å². The van der Waals surface area contributed by atoms with Gasteiger partial charge in [0.2, 0.25) is 0 Å². The van der Waals surface area contributed by atoms with Crippen LogP contribution in [0.5, 0.6) is 0 Å². The Morgan fingerprint density at radius 3 is 2.80 bits per heavy atom. The van der Waals surface area contributed by atoms with Crippen molar-refractivity contribution in [3.63, 3.8) is 0 Å². The van der Waals surface area contributed by atoms with Crippen LogP contribution in [0.15, 0.2) is 30.6 Å². The monoisotopic (exact) mass is 231 g/mol. The maximum atomic E-state index is 12.8. The van der Waals surface area contributed by atoms with Crippen LogP contribution in [0.4, 0.5) is 8.78 Å². The molecule has 0 radical (unpaired) electrons. The standard InChI is InChI=1S/C10H8ClF2NO/c1-6(12)10(15)14-5-7-4-8(13)2-3-9(7)11/h2-4H,1,5H2,(H,14,15). The largest absolute Gasteiger partial charge is 0.346 e. The second-order valence-corrected chi connectivity index (χ2v) is 3.23. The molecule has 0 bridgehead atoms. The molecule has 0 unspecified atom stereocenters. The third kappa shape index (κ3) is 3.32. The van der Waals surface area contributed by atoms with E-state index in [2.05, 4.69) is 11.9 Å². The lowest BCUT2D eigenvalue weighted by molar-refractivity contribution is -0.119. The Bertz CT molecular complexity index is 406. The quantitative estimate of drug-likeness (QED) is 0.796. The molecule has 1 aromatic carbocycles. The minimum absolute atomic E-state index is 0.0433. The maximum absolute atomic E-state index is 12.8. The van der Waals surface area contributed by atoms with Gasteiger partial charge in [0.05, 0.1) is 0 Å². The first-order chi connectivity index (χ1) is 7.00. The molecule has 1 N–H and O–H groups in total.